The van der Waals surface area contributed by atoms with E-state index in [2.05, 4.69) is 26.6 Å². The Morgan fingerprint density at radius 3 is 2.46 bits per heavy atom. The van der Waals surface area contributed by atoms with E-state index in [9.17, 15) is 4.79 Å². The Kier molecular flexibility index (Phi) is 8.18. The summed E-state index contributed by atoms with van der Waals surface area (Å²) in [5.41, 5.74) is 2.66. The number of rotatable bonds is 9. The molecule has 0 heterocycles. The van der Waals surface area contributed by atoms with Gasteiger partial charge in [-0.15, -0.1) is 0 Å². The Hall–Kier alpha value is -2.21. The highest BCUT2D eigenvalue weighted by atomic mass is 79.9. The Morgan fingerprint density at radius 1 is 1.11 bits per heavy atom. The third-order valence-electron chi connectivity index (χ3n) is 3.95. The first-order valence-corrected chi connectivity index (χ1v) is 10.2. The molecule has 0 atom stereocenters. The molecule has 5 nitrogen and oxygen atoms in total. The molecule has 2 aromatic rings. The van der Waals surface area contributed by atoms with E-state index < -0.39 is 0 Å². The first kappa shape index (κ1) is 22.1. The molecule has 0 unspecified atom stereocenters. The second kappa shape index (κ2) is 10.4. The number of ether oxygens (including phenoxy) is 2. The van der Waals surface area contributed by atoms with Gasteiger partial charge in [-0.05, 0) is 50.1 Å². The van der Waals surface area contributed by atoms with Crippen LogP contribution in [-0.2, 0) is 11.3 Å². The minimum absolute atomic E-state index is 0.0234. The summed E-state index contributed by atoms with van der Waals surface area (Å²) in [6.07, 6.45) is 0.533. The van der Waals surface area contributed by atoms with Gasteiger partial charge in [0.25, 0.3) is 0 Å². The smallest absolute Gasteiger partial charge is 0.224 e. The van der Waals surface area contributed by atoms with Gasteiger partial charge in [0.05, 0.1) is 13.2 Å². The van der Waals surface area contributed by atoms with E-state index in [0.717, 1.165) is 27.2 Å². The summed E-state index contributed by atoms with van der Waals surface area (Å²) in [6, 6.07) is 11.5. The monoisotopic (exact) mass is 448 g/mol. The number of carbonyl (C=O) groups excluding carboxylic acids is 1. The molecule has 0 aliphatic heterocycles. The zero-order valence-electron chi connectivity index (χ0n) is 17.1. The van der Waals surface area contributed by atoms with E-state index in [1.54, 1.807) is 7.11 Å². The molecular formula is C22H29BrN2O3. The van der Waals surface area contributed by atoms with Crippen molar-refractivity contribution in [3.8, 4) is 11.5 Å². The maximum Gasteiger partial charge on any atom is 0.224 e. The van der Waals surface area contributed by atoms with Crippen LogP contribution in [0.15, 0.2) is 40.9 Å². The Bertz CT molecular complexity index is 806. The molecule has 0 spiro atoms. The topological polar surface area (TPSA) is 59.6 Å². The number of methoxy groups -OCH3 is 1. The highest BCUT2D eigenvalue weighted by molar-refractivity contribution is 9.10. The van der Waals surface area contributed by atoms with Crippen LogP contribution in [0.5, 0.6) is 11.5 Å². The van der Waals surface area contributed by atoms with Crippen LogP contribution >= 0.6 is 15.9 Å². The van der Waals surface area contributed by atoms with E-state index in [4.69, 9.17) is 9.47 Å². The van der Waals surface area contributed by atoms with E-state index in [-0.39, 0.29) is 12.0 Å². The van der Waals surface area contributed by atoms with Gasteiger partial charge in [-0.25, -0.2) is 0 Å². The summed E-state index contributed by atoms with van der Waals surface area (Å²) >= 11 is 3.61. The molecule has 28 heavy (non-hydrogen) atoms. The van der Waals surface area contributed by atoms with Gasteiger partial charge < -0.3 is 20.1 Å². The van der Waals surface area contributed by atoms with Gasteiger partial charge in [0, 0.05) is 34.4 Å². The van der Waals surface area contributed by atoms with Crippen LogP contribution in [-0.4, -0.2) is 19.1 Å². The first-order valence-electron chi connectivity index (χ1n) is 9.46. The lowest BCUT2D eigenvalue weighted by Crippen LogP contribution is -2.14. The van der Waals surface area contributed by atoms with Gasteiger partial charge in [-0.3, -0.25) is 4.79 Å². The summed E-state index contributed by atoms with van der Waals surface area (Å²) in [6.45, 7) is 8.58. The summed E-state index contributed by atoms with van der Waals surface area (Å²) in [7, 11) is 1.64. The highest BCUT2D eigenvalue weighted by Gasteiger charge is 2.16. The normalized spacial score (nSPS) is 10.9. The molecule has 0 aliphatic carbocycles. The number of amides is 1. The number of anilines is 2. The SMILES string of the molecule is COc1ccc(Br)c(CNc2cccc(NC(=O)CC(C)C)c2)c1OC(C)C. The summed E-state index contributed by atoms with van der Waals surface area (Å²) < 4.78 is 12.4. The van der Waals surface area contributed by atoms with Crippen molar-refractivity contribution in [1.29, 1.82) is 0 Å². The van der Waals surface area contributed by atoms with Crippen molar-refractivity contribution in [2.24, 2.45) is 5.92 Å². The average molecular weight is 449 g/mol. The lowest BCUT2D eigenvalue weighted by Gasteiger charge is -2.19. The van der Waals surface area contributed by atoms with E-state index >= 15 is 0 Å². The van der Waals surface area contributed by atoms with E-state index in [0.29, 0.717) is 24.6 Å². The molecule has 0 bridgehead atoms. The van der Waals surface area contributed by atoms with Gasteiger partial charge in [0.2, 0.25) is 5.91 Å². The Morgan fingerprint density at radius 2 is 1.82 bits per heavy atom. The van der Waals surface area contributed by atoms with Crippen LogP contribution in [0.1, 0.15) is 39.7 Å². The average Bonchev–Trinajstić information content (AvgIpc) is 2.60. The number of hydrogen-bond acceptors (Lipinski definition) is 4. The van der Waals surface area contributed by atoms with Gasteiger partial charge >= 0.3 is 0 Å². The van der Waals surface area contributed by atoms with Crippen molar-refractivity contribution >= 4 is 33.2 Å². The number of carbonyl (C=O) groups is 1. The molecule has 0 saturated carbocycles. The summed E-state index contributed by atoms with van der Waals surface area (Å²) in [4.78, 5) is 12.0. The molecule has 2 rings (SSSR count). The zero-order valence-corrected chi connectivity index (χ0v) is 18.7. The highest BCUT2D eigenvalue weighted by Crippen LogP contribution is 2.37. The van der Waals surface area contributed by atoms with Crippen LogP contribution in [0.3, 0.4) is 0 Å². The van der Waals surface area contributed by atoms with Gasteiger partial charge in [0.1, 0.15) is 0 Å². The van der Waals surface area contributed by atoms with Crippen LogP contribution in [0.2, 0.25) is 0 Å². The first-order chi connectivity index (χ1) is 13.3. The quantitative estimate of drug-likeness (QED) is 0.505. The molecule has 0 fully saturated rings. The fraction of sp³-hybridized carbons (Fsp3) is 0.409. The molecular weight excluding hydrogens is 420 g/mol. The maximum absolute atomic E-state index is 12.0. The maximum atomic E-state index is 12.0. The van der Waals surface area contributed by atoms with Crippen molar-refractivity contribution in [2.75, 3.05) is 17.7 Å². The number of halogens is 1. The van der Waals surface area contributed by atoms with Crippen LogP contribution < -0.4 is 20.1 Å². The number of benzene rings is 2. The predicted octanol–water partition coefficient (Wildman–Crippen LogP) is 5.84. The summed E-state index contributed by atoms with van der Waals surface area (Å²) in [5, 5.41) is 6.35. The minimum atomic E-state index is 0.0234. The standard InChI is InChI=1S/C22H29BrN2O3/c1-14(2)11-21(26)25-17-8-6-7-16(12-17)24-13-18-19(23)9-10-20(27-5)22(18)28-15(3)4/h6-10,12,14-15,24H,11,13H2,1-5H3,(H,25,26). The second-order valence-corrected chi connectivity index (χ2v) is 8.16. The van der Waals surface area contributed by atoms with Gasteiger partial charge in [-0.2, -0.15) is 0 Å². The van der Waals surface area contributed by atoms with Crippen LogP contribution in [0.4, 0.5) is 11.4 Å². The van der Waals surface area contributed by atoms with Crippen LogP contribution in [0.25, 0.3) is 0 Å². The number of hydrogen-bond donors (Lipinski definition) is 2. The van der Waals surface area contributed by atoms with Crippen molar-refractivity contribution in [2.45, 2.75) is 46.8 Å². The molecule has 152 valence electrons. The van der Waals surface area contributed by atoms with Crippen molar-refractivity contribution in [1.82, 2.24) is 0 Å². The molecule has 0 aromatic heterocycles. The van der Waals surface area contributed by atoms with Crippen LogP contribution in [0, 0.1) is 5.92 Å². The molecule has 0 aliphatic rings. The van der Waals surface area contributed by atoms with E-state index in [1.165, 1.54) is 0 Å². The summed E-state index contributed by atoms with van der Waals surface area (Å²) in [5.74, 6) is 1.77. The molecule has 0 saturated heterocycles. The predicted molar refractivity (Wildman–Crippen MR) is 118 cm³/mol. The second-order valence-electron chi connectivity index (χ2n) is 7.30. The fourth-order valence-electron chi connectivity index (χ4n) is 2.75. The van der Waals surface area contributed by atoms with Gasteiger partial charge in [-0.1, -0.05) is 35.8 Å². The largest absolute Gasteiger partial charge is 0.493 e. The minimum Gasteiger partial charge on any atom is -0.493 e. The van der Waals surface area contributed by atoms with E-state index in [1.807, 2.05) is 64.1 Å². The zero-order chi connectivity index (χ0) is 20.7. The third-order valence-corrected chi connectivity index (χ3v) is 4.69. The fourth-order valence-corrected chi connectivity index (χ4v) is 3.21. The Labute approximate surface area is 175 Å². The Balaban J connectivity index is 2.16. The van der Waals surface area contributed by atoms with Crippen molar-refractivity contribution < 1.29 is 14.3 Å². The third kappa shape index (κ3) is 6.44. The molecule has 2 N–H and O–H groups in total. The van der Waals surface area contributed by atoms with Crippen molar-refractivity contribution in [3.63, 3.8) is 0 Å². The lowest BCUT2D eigenvalue weighted by molar-refractivity contribution is -0.116. The molecule has 2 aromatic carbocycles. The molecule has 1 amide bonds. The molecule has 6 heteroatoms. The van der Waals surface area contributed by atoms with Gasteiger partial charge in [0.15, 0.2) is 11.5 Å². The number of nitrogens with one attached hydrogen (secondary N) is 2. The molecule has 0 radical (unpaired) electrons. The van der Waals surface area contributed by atoms with Crippen molar-refractivity contribution in [3.05, 3.63) is 46.4 Å². The lowest BCUT2D eigenvalue weighted by atomic mass is 10.1.